The molecule has 0 aliphatic carbocycles. The number of rotatable bonds is 3. The Balaban J connectivity index is 2.33. The lowest BCUT2D eigenvalue weighted by Crippen LogP contribution is -2.15. The summed E-state index contributed by atoms with van der Waals surface area (Å²) >= 11 is 6.77. The molecule has 0 aromatic heterocycles. The Morgan fingerprint density at radius 2 is 1.95 bits per heavy atom. The van der Waals surface area contributed by atoms with Gasteiger partial charge in [-0.25, -0.2) is 0 Å². The Bertz CT molecular complexity index is 633. The first-order valence-electron chi connectivity index (χ1n) is 6.16. The van der Waals surface area contributed by atoms with Gasteiger partial charge in [0.15, 0.2) is 0 Å². The predicted molar refractivity (Wildman–Crippen MR) is 90.0 cm³/mol. The van der Waals surface area contributed by atoms with Crippen LogP contribution >= 0.6 is 31.9 Å². The van der Waals surface area contributed by atoms with Crippen molar-refractivity contribution in [1.29, 1.82) is 0 Å². The second-order valence-electron chi connectivity index (χ2n) is 4.32. The summed E-state index contributed by atoms with van der Waals surface area (Å²) in [7, 11) is 0. The molecule has 2 aromatic carbocycles. The topological polar surface area (TPSA) is 55.1 Å². The quantitative estimate of drug-likeness (QED) is 0.743. The van der Waals surface area contributed by atoms with Crippen molar-refractivity contribution in [2.75, 3.05) is 11.1 Å². The highest BCUT2D eigenvalue weighted by Crippen LogP contribution is 2.33. The molecule has 3 N–H and O–H groups in total. The molecule has 0 aliphatic heterocycles. The van der Waals surface area contributed by atoms with Crippen molar-refractivity contribution < 1.29 is 4.79 Å². The lowest BCUT2D eigenvalue weighted by Gasteiger charge is -2.12. The maximum atomic E-state index is 12.4. The summed E-state index contributed by atoms with van der Waals surface area (Å²) < 4.78 is 1.60. The van der Waals surface area contributed by atoms with Gasteiger partial charge in [-0.05, 0) is 46.1 Å². The predicted octanol–water partition coefficient (Wildman–Crippen LogP) is 4.61. The molecule has 0 radical (unpaired) electrons. The van der Waals surface area contributed by atoms with Crippen LogP contribution in [0.4, 0.5) is 11.4 Å². The SMILES string of the molecule is CCc1ccccc1C(=O)Nc1c(N)cc(Br)cc1Br. The van der Waals surface area contributed by atoms with E-state index in [1.165, 1.54) is 0 Å². The third-order valence-corrected chi connectivity index (χ3v) is 4.05. The summed E-state index contributed by atoms with van der Waals surface area (Å²) in [4.78, 5) is 12.4. The Morgan fingerprint density at radius 1 is 1.25 bits per heavy atom. The molecular formula is C15H14Br2N2O. The highest BCUT2D eigenvalue weighted by atomic mass is 79.9. The normalized spacial score (nSPS) is 10.3. The van der Waals surface area contributed by atoms with E-state index in [1.807, 2.05) is 37.3 Å². The van der Waals surface area contributed by atoms with Crippen LogP contribution in [-0.4, -0.2) is 5.91 Å². The first-order chi connectivity index (χ1) is 9.52. The second kappa shape index (κ2) is 6.41. The zero-order valence-electron chi connectivity index (χ0n) is 10.9. The number of carbonyl (C=O) groups excluding carboxylic acids is 1. The van der Waals surface area contributed by atoms with Crippen LogP contribution in [0.3, 0.4) is 0 Å². The van der Waals surface area contributed by atoms with Crippen molar-refractivity contribution in [3.63, 3.8) is 0 Å². The minimum Gasteiger partial charge on any atom is -0.397 e. The van der Waals surface area contributed by atoms with Crippen molar-refractivity contribution in [3.05, 3.63) is 56.5 Å². The molecule has 20 heavy (non-hydrogen) atoms. The minimum atomic E-state index is -0.155. The van der Waals surface area contributed by atoms with Crippen molar-refractivity contribution in [1.82, 2.24) is 0 Å². The number of amides is 1. The number of nitrogen functional groups attached to an aromatic ring is 1. The smallest absolute Gasteiger partial charge is 0.256 e. The molecule has 2 rings (SSSR count). The van der Waals surface area contributed by atoms with Gasteiger partial charge in [0.05, 0.1) is 11.4 Å². The Kier molecular flexibility index (Phi) is 4.83. The standard InChI is InChI=1S/C15H14Br2N2O/c1-2-9-5-3-4-6-11(9)15(20)19-14-12(17)7-10(16)8-13(14)18/h3-8H,2,18H2,1H3,(H,19,20). The Hall–Kier alpha value is -1.33. The second-order valence-corrected chi connectivity index (χ2v) is 6.09. The Labute approximate surface area is 134 Å². The van der Waals surface area contributed by atoms with Gasteiger partial charge in [-0.1, -0.05) is 41.1 Å². The summed E-state index contributed by atoms with van der Waals surface area (Å²) in [5.41, 5.74) is 8.72. The summed E-state index contributed by atoms with van der Waals surface area (Å²) in [6, 6.07) is 11.2. The molecule has 0 spiro atoms. The first kappa shape index (κ1) is 15.1. The van der Waals surface area contributed by atoms with Crippen LogP contribution in [0.5, 0.6) is 0 Å². The maximum absolute atomic E-state index is 12.4. The number of nitrogens with two attached hydrogens (primary N) is 1. The van der Waals surface area contributed by atoms with E-state index >= 15 is 0 Å². The molecule has 0 fully saturated rings. The largest absolute Gasteiger partial charge is 0.397 e. The van der Waals surface area contributed by atoms with Crippen LogP contribution in [0, 0.1) is 0 Å². The summed E-state index contributed by atoms with van der Waals surface area (Å²) in [6.07, 6.45) is 0.806. The van der Waals surface area contributed by atoms with Crippen LogP contribution in [0.15, 0.2) is 45.3 Å². The number of aryl methyl sites for hydroxylation is 1. The average molecular weight is 398 g/mol. The number of halogens is 2. The van der Waals surface area contributed by atoms with E-state index < -0.39 is 0 Å². The summed E-state index contributed by atoms with van der Waals surface area (Å²) in [5.74, 6) is -0.155. The van der Waals surface area contributed by atoms with E-state index in [9.17, 15) is 4.79 Å². The summed E-state index contributed by atoms with van der Waals surface area (Å²) in [6.45, 7) is 2.02. The molecule has 0 unspecified atom stereocenters. The molecule has 0 saturated carbocycles. The van der Waals surface area contributed by atoms with Gasteiger partial charge in [0.1, 0.15) is 0 Å². The number of anilines is 2. The maximum Gasteiger partial charge on any atom is 0.256 e. The molecular weight excluding hydrogens is 384 g/mol. The molecule has 0 aliphatic rings. The van der Waals surface area contributed by atoms with Crippen molar-refractivity contribution in [3.8, 4) is 0 Å². The van der Waals surface area contributed by atoms with Crippen LogP contribution in [0.25, 0.3) is 0 Å². The van der Waals surface area contributed by atoms with Crippen molar-refractivity contribution >= 4 is 49.1 Å². The highest BCUT2D eigenvalue weighted by Gasteiger charge is 2.14. The average Bonchev–Trinajstić information content (AvgIpc) is 2.42. The molecule has 5 heteroatoms. The molecule has 0 saturated heterocycles. The summed E-state index contributed by atoms with van der Waals surface area (Å²) in [5, 5.41) is 2.87. The van der Waals surface area contributed by atoms with Gasteiger partial charge in [-0.3, -0.25) is 4.79 Å². The van der Waals surface area contributed by atoms with E-state index in [4.69, 9.17) is 5.73 Å². The molecule has 3 nitrogen and oxygen atoms in total. The highest BCUT2D eigenvalue weighted by molar-refractivity contribution is 9.11. The number of carbonyl (C=O) groups is 1. The van der Waals surface area contributed by atoms with Crippen LogP contribution in [-0.2, 0) is 6.42 Å². The van der Waals surface area contributed by atoms with Crippen LogP contribution in [0.2, 0.25) is 0 Å². The molecule has 2 aromatic rings. The van der Waals surface area contributed by atoms with Crippen molar-refractivity contribution in [2.45, 2.75) is 13.3 Å². The zero-order valence-corrected chi connectivity index (χ0v) is 14.1. The van der Waals surface area contributed by atoms with Gasteiger partial charge in [0.2, 0.25) is 0 Å². The molecule has 0 bridgehead atoms. The fourth-order valence-corrected chi connectivity index (χ4v) is 3.31. The van der Waals surface area contributed by atoms with Crippen LogP contribution in [0.1, 0.15) is 22.8 Å². The fourth-order valence-electron chi connectivity index (χ4n) is 1.96. The van der Waals surface area contributed by atoms with E-state index in [-0.39, 0.29) is 5.91 Å². The lowest BCUT2D eigenvalue weighted by atomic mass is 10.0. The molecule has 0 heterocycles. The molecule has 0 atom stereocenters. The number of benzene rings is 2. The number of hydrogen-bond donors (Lipinski definition) is 2. The van der Waals surface area contributed by atoms with Gasteiger partial charge in [-0.2, -0.15) is 0 Å². The van der Waals surface area contributed by atoms with Gasteiger partial charge in [-0.15, -0.1) is 0 Å². The molecule has 104 valence electrons. The van der Waals surface area contributed by atoms with Gasteiger partial charge in [0.25, 0.3) is 5.91 Å². The zero-order chi connectivity index (χ0) is 14.7. The van der Waals surface area contributed by atoms with Gasteiger partial charge >= 0.3 is 0 Å². The van der Waals surface area contributed by atoms with Crippen molar-refractivity contribution in [2.24, 2.45) is 0 Å². The van der Waals surface area contributed by atoms with Gasteiger partial charge < -0.3 is 11.1 Å². The number of hydrogen-bond acceptors (Lipinski definition) is 2. The van der Waals surface area contributed by atoms with E-state index in [2.05, 4.69) is 37.2 Å². The van der Waals surface area contributed by atoms with Gasteiger partial charge in [0, 0.05) is 14.5 Å². The monoisotopic (exact) mass is 396 g/mol. The Morgan fingerprint density at radius 3 is 2.60 bits per heavy atom. The fraction of sp³-hybridized carbons (Fsp3) is 0.133. The van der Waals surface area contributed by atoms with Crippen LogP contribution < -0.4 is 11.1 Å². The minimum absolute atomic E-state index is 0.155. The lowest BCUT2D eigenvalue weighted by molar-refractivity contribution is 0.102. The van der Waals surface area contributed by atoms with E-state index in [0.29, 0.717) is 16.9 Å². The third kappa shape index (κ3) is 3.22. The molecule has 1 amide bonds. The van der Waals surface area contributed by atoms with E-state index in [1.54, 1.807) is 6.07 Å². The number of nitrogens with one attached hydrogen (secondary N) is 1. The third-order valence-electron chi connectivity index (χ3n) is 2.97. The van der Waals surface area contributed by atoms with E-state index in [0.717, 1.165) is 20.9 Å². The first-order valence-corrected chi connectivity index (χ1v) is 7.75.